The Bertz CT molecular complexity index is 881. The standard InChI is InChI=1S/C24H38N4O7S2/c1-12(2)18-23(33)27-19(13(3)4)22(32)25-16-11-37-36-9-7-6-8-15(10-17(30)26-18)35-24(34)20(14(5)29)28-21(16)31/h6,8,12-16,18-20,29H,7,9-11H2,1-5H3,(H,25,32)(H,26,30)(H,27,33)(H,28,31)/b8-6+/t14?,15?,16-,18?,19-,20?/m1/s1. The normalized spacial score (nSPS) is 30.9. The zero-order chi connectivity index (χ0) is 27.7. The Balaban J connectivity index is 2.55. The van der Waals surface area contributed by atoms with Crippen molar-refractivity contribution >= 4 is 51.2 Å². The van der Waals surface area contributed by atoms with Crippen molar-refractivity contribution in [3.8, 4) is 0 Å². The lowest BCUT2D eigenvalue weighted by Crippen LogP contribution is -2.61. The maximum Gasteiger partial charge on any atom is 0.331 e. The van der Waals surface area contributed by atoms with Crippen LogP contribution in [0.5, 0.6) is 0 Å². The first kappa shape index (κ1) is 31.0. The van der Waals surface area contributed by atoms with Gasteiger partial charge in [0.25, 0.3) is 0 Å². The number of fused-ring (bicyclic) bond motifs is 6. The van der Waals surface area contributed by atoms with Gasteiger partial charge in [0, 0.05) is 11.5 Å². The van der Waals surface area contributed by atoms with E-state index < -0.39 is 66.0 Å². The van der Waals surface area contributed by atoms with Gasteiger partial charge in [-0.25, -0.2) is 4.79 Å². The zero-order valence-electron chi connectivity index (χ0n) is 21.8. The highest BCUT2D eigenvalue weighted by Crippen LogP contribution is 2.24. The number of carbonyl (C=O) groups excluding carboxylic acids is 5. The molecule has 5 N–H and O–H groups in total. The lowest BCUT2D eigenvalue weighted by Gasteiger charge is -2.30. The summed E-state index contributed by atoms with van der Waals surface area (Å²) in [6, 6.07) is -4.37. The van der Waals surface area contributed by atoms with Crippen molar-refractivity contribution in [1.82, 2.24) is 21.3 Å². The number of allylic oxidation sites excluding steroid dienone is 1. The van der Waals surface area contributed by atoms with Gasteiger partial charge in [0.1, 0.15) is 24.2 Å². The molecule has 2 aliphatic heterocycles. The molecule has 11 nitrogen and oxygen atoms in total. The quantitative estimate of drug-likeness (QED) is 0.186. The molecule has 13 heteroatoms. The Labute approximate surface area is 225 Å². The van der Waals surface area contributed by atoms with Crippen molar-refractivity contribution < 1.29 is 33.8 Å². The summed E-state index contributed by atoms with van der Waals surface area (Å²) in [6.45, 7) is 8.38. The molecule has 2 bridgehead atoms. The predicted molar refractivity (Wildman–Crippen MR) is 142 cm³/mol. The molecule has 6 atom stereocenters. The van der Waals surface area contributed by atoms with Gasteiger partial charge in [-0.1, -0.05) is 55.4 Å². The summed E-state index contributed by atoms with van der Waals surface area (Å²) in [5.41, 5.74) is 0. The third-order valence-electron chi connectivity index (χ3n) is 5.87. The highest BCUT2D eigenvalue weighted by Gasteiger charge is 2.36. The summed E-state index contributed by atoms with van der Waals surface area (Å²) < 4.78 is 5.51. The average Bonchev–Trinajstić information content (AvgIpc) is 2.80. The summed E-state index contributed by atoms with van der Waals surface area (Å²) in [5.74, 6) is -2.97. The molecule has 0 aromatic rings. The van der Waals surface area contributed by atoms with Crippen molar-refractivity contribution in [2.24, 2.45) is 11.8 Å². The van der Waals surface area contributed by atoms with Gasteiger partial charge in [0.05, 0.1) is 12.5 Å². The van der Waals surface area contributed by atoms with Crippen LogP contribution in [-0.4, -0.2) is 82.6 Å². The molecule has 0 aromatic carbocycles. The van der Waals surface area contributed by atoms with E-state index in [1.165, 1.54) is 28.5 Å². The smallest absolute Gasteiger partial charge is 0.331 e. The lowest BCUT2D eigenvalue weighted by atomic mass is 9.99. The number of hydrogen-bond acceptors (Lipinski definition) is 9. The summed E-state index contributed by atoms with van der Waals surface area (Å²) in [5, 5.41) is 20.8. The molecule has 0 aromatic heterocycles. The topological polar surface area (TPSA) is 163 Å². The molecule has 4 amide bonds. The first-order chi connectivity index (χ1) is 17.4. The second-order valence-corrected chi connectivity index (χ2v) is 12.4. The van der Waals surface area contributed by atoms with Crippen LogP contribution in [0.1, 0.15) is 47.5 Å². The first-order valence-corrected chi connectivity index (χ1v) is 14.9. The number of nitrogens with one attached hydrogen (secondary N) is 4. The molecule has 0 saturated carbocycles. The van der Waals surface area contributed by atoms with E-state index in [-0.39, 0.29) is 24.0 Å². The summed E-state index contributed by atoms with van der Waals surface area (Å²) >= 11 is 0. The number of amides is 4. The fourth-order valence-corrected chi connectivity index (χ4v) is 5.87. The van der Waals surface area contributed by atoms with E-state index in [0.29, 0.717) is 12.2 Å². The van der Waals surface area contributed by atoms with Crippen LogP contribution in [0.15, 0.2) is 12.2 Å². The lowest BCUT2D eigenvalue weighted by molar-refractivity contribution is -0.155. The largest absolute Gasteiger partial charge is 0.456 e. The summed E-state index contributed by atoms with van der Waals surface area (Å²) in [6.07, 6.45) is 1.46. The molecule has 4 unspecified atom stereocenters. The van der Waals surface area contributed by atoms with Crippen molar-refractivity contribution in [3.05, 3.63) is 12.2 Å². The van der Waals surface area contributed by atoms with Crippen LogP contribution in [0.3, 0.4) is 0 Å². The van der Waals surface area contributed by atoms with Crippen LogP contribution in [0.4, 0.5) is 0 Å². The van der Waals surface area contributed by atoms with Crippen molar-refractivity contribution in [3.63, 3.8) is 0 Å². The van der Waals surface area contributed by atoms with Crippen molar-refractivity contribution in [2.75, 3.05) is 11.5 Å². The minimum Gasteiger partial charge on any atom is -0.456 e. The van der Waals surface area contributed by atoms with Crippen LogP contribution >= 0.6 is 21.6 Å². The number of hydrogen-bond donors (Lipinski definition) is 5. The van der Waals surface area contributed by atoms with Crippen LogP contribution in [0.25, 0.3) is 0 Å². The number of aliphatic hydroxyl groups is 1. The number of esters is 1. The number of carbonyl (C=O) groups is 5. The molecule has 2 rings (SSSR count). The minimum atomic E-state index is -1.41. The van der Waals surface area contributed by atoms with Gasteiger partial charge >= 0.3 is 5.97 Å². The Hall–Kier alpha value is -2.25. The van der Waals surface area contributed by atoms with Gasteiger partial charge < -0.3 is 31.1 Å². The molecule has 0 aliphatic carbocycles. The van der Waals surface area contributed by atoms with E-state index in [9.17, 15) is 29.1 Å². The van der Waals surface area contributed by atoms with Crippen LogP contribution in [0.2, 0.25) is 0 Å². The number of rotatable bonds is 3. The highest BCUT2D eigenvalue weighted by molar-refractivity contribution is 8.76. The Morgan fingerprint density at radius 2 is 1.43 bits per heavy atom. The molecule has 1 saturated heterocycles. The number of ether oxygens (including phenoxy) is 1. The van der Waals surface area contributed by atoms with E-state index in [4.69, 9.17) is 4.74 Å². The van der Waals surface area contributed by atoms with Gasteiger partial charge in [-0.05, 0) is 31.3 Å². The SMILES string of the molecule is CC(C)C1NC(=O)CC2/C=C/CCSSC[C@@H](NC(=O)[C@@H](C(C)C)NC1=O)C(=O)NC(C(C)O)C(=O)O2. The van der Waals surface area contributed by atoms with Crippen molar-refractivity contribution in [2.45, 2.75) is 83.8 Å². The predicted octanol–water partition coefficient (Wildman–Crippen LogP) is 0.275. The zero-order valence-corrected chi connectivity index (χ0v) is 23.4. The fourth-order valence-electron chi connectivity index (χ4n) is 3.71. The van der Waals surface area contributed by atoms with E-state index in [2.05, 4.69) is 21.3 Å². The van der Waals surface area contributed by atoms with E-state index in [0.717, 1.165) is 0 Å². The van der Waals surface area contributed by atoms with Gasteiger partial charge in [0.2, 0.25) is 23.6 Å². The van der Waals surface area contributed by atoms with Crippen LogP contribution in [0, 0.1) is 11.8 Å². The average molecular weight is 559 g/mol. The molecule has 0 spiro atoms. The maximum atomic E-state index is 13.3. The molecular formula is C24H38N4O7S2. The van der Waals surface area contributed by atoms with Gasteiger partial charge in [0.15, 0.2) is 6.04 Å². The monoisotopic (exact) mass is 558 g/mol. The molecule has 2 heterocycles. The molecule has 1 fully saturated rings. The van der Waals surface area contributed by atoms with E-state index >= 15 is 0 Å². The summed E-state index contributed by atoms with van der Waals surface area (Å²) in [4.78, 5) is 65.4. The first-order valence-electron chi connectivity index (χ1n) is 12.4. The second kappa shape index (κ2) is 14.6. The molecule has 37 heavy (non-hydrogen) atoms. The van der Waals surface area contributed by atoms with Gasteiger partial charge in [-0.15, -0.1) is 0 Å². The minimum absolute atomic E-state index is 0.194. The molecular weight excluding hydrogens is 520 g/mol. The second-order valence-electron chi connectivity index (χ2n) is 9.81. The van der Waals surface area contributed by atoms with Gasteiger partial charge in [-0.2, -0.15) is 0 Å². The maximum absolute atomic E-state index is 13.3. The van der Waals surface area contributed by atoms with Gasteiger partial charge in [-0.3, -0.25) is 19.2 Å². The fraction of sp³-hybridized carbons (Fsp3) is 0.708. The Kier molecular flexibility index (Phi) is 12.2. The van der Waals surface area contributed by atoms with Crippen LogP contribution in [-0.2, 0) is 28.7 Å². The Morgan fingerprint density at radius 3 is 2.05 bits per heavy atom. The molecule has 2 aliphatic rings. The molecule has 208 valence electrons. The molecule has 0 radical (unpaired) electrons. The third kappa shape index (κ3) is 9.53. The highest BCUT2D eigenvalue weighted by atomic mass is 33.1. The third-order valence-corrected chi connectivity index (χ3v) is 8.32. The Morgan fingerprint density at radius 1 is 0.838 bits per heavy atom. The number of aliphatic hydroxyl groups excluding tert-OH is 1. The van der Waals surface area contributed by atoms with Crippen LogP contribution < -0.4 is 21.3 Å². The van der Waals surface area contributed by atoms with Crippen molar-refractivity contribution in [1.29, 1.82) is 0 Å². The van der Waals surface area contributed by atoms with E-state index in [1.807, 2.05) is 0 Å². The summed E-state index contributed by atoms with van der Waals surface area (Å²) in [7, 11) is 2.89. The van der Waals surface area contributed by atoms with E-state index in [1.54, 1.807) is 39.8 Å².